The number of para-hydroxylation sites is 1. The van der Waals surface area contributed by atoms with Crippen LogP contribution >= 0.6 is 0 Å². The fourth-order valence-electron chi connectivity index (χ4n) is 1.01. The fourth-order valence-corrected chi connectivity index (χ4v) is 1.01. The average Bonchev–Trinajstić information content (AvgIpc) is 2.27. The third-order valence-electron chi connectivity index (χ3n) is 1.44. The molecule has 1 nitrogen and oxygen atoms in total. The summed E-state index contributed by atoms with van der Waals surface area (Å²) in [6, 6.07) is 7.88. The molecule has 0 fully saturated rings. The maximum atomic E-state index is 4.15. The van der Waals surface area contributed by atoms with Crippen molar-refractivity contribution in [2.75, 3.05) is 0 Å². The molecule has 10 heavy (non-hydrogen) atoms. The minimum Gasteiger partial charge on any atom is -0.248 e. The summed E-state index contributed by atoms with van der Waals surface area (Å²) >= 11 is 0. The van der Waals surface area contributed by atoms with Crippen molar-refractivity contribution >= 4 is 6.08 Å². The third kappa shape index (κ3) is 0.676. The highest BCUT2D eigenvalue weighted by molar-refractivity contribution is 5.47. The van der Waals surface area contributed by atoms with Gasteiger partial charge in [-0.05, 0) is 6.07 Å². The van der Waals surface area contributed by atoms with Crippen LogP contribution in [0.3, 0.4) is 0 Å². The molecule has 0 amide bonds. The topological polar surface area (TPSA) is 12.4 Å². The van der Waals surface area contributed by atoms with E-state index in [0.717, 1.165) is 16.3 Å². The van der Waals surface area contributed by atoms with Crippen molar-refractivity contribution in [2.45, 2.75) is 0 Å². The Balaban J connectivity index is 2.96. The van der Waals surface area contributed by atoms with Gasteiger partial charge < -0.3 is 0 Å². The summed E-state index contributed by atoms with van der Waals surface area (Å²) in [5.41, 5.74) is 0.723. The van der Waals surface area contributed by atoms with Crippen molar-refractivity contribution in [3.05, 3.63) is 47.1 Å². The molecule has 1 aliphatic rings. The van der Waals surface area contributed by atoms with E-state index in [1.165, 1.54) is 0 Å². The van der Waals surface area contributed by atoms with Crippen LogP contribution in [0.2, 0.25) is 0 Å². The zero-order valence-corrected chi connectivity index (χ0v) is 5.46. The van der Waals surface area contributed by atoms with Crippen LogP contribution in [0.25, 0.3) is 6.08 Å². The number of benzene rings is 1. The molecular weight excluding hydrogens is 122 g/mol. The molecule has 0 N–H and O–H groups in total. The Labute approximate surface area is 59.0 Å². The van der Waals surface area contributed by atoms with Crippen LogP contribution in [-0.2, 0) is 0 Å². The van der Waals surface area contributed by atoms with Crippen LogP contribution in [0.15, 0.2) is 41.5 Å². The quantitative estimate of drug-likeness (QED) is 0.482. The van der Waals surface area contributed by atoms with Crippen molar-refractivity contribution in [3.63, 3.8) is 0 Å². The van der Waals surface area contributed by atoms with Gasteiger partial charge in [-0.3, -0.25) is 0 Å². The lowest BCUT2D eigenvalue weighted by molar-refractivity contribution is 1.33. The highest BCUT2D eigenvalue weighted by Gasteiger charge is 1.95. The molecule has 0 atom stereocenters. The van der Waals surface area contributed by atoms with E-state index in [0.29, 0.717) is 0 Å². The largest absolute Gasteiger partial charge is 0.248 e. The molecule has 1 aliphatic heterocycles. The number of fused-ring (bicyclic) bond motifs is 1. The molecule has 0 saturated carbocycles. The van der Waals surface area contributed by atoms with Gasteiger partial charge in [0.2, 0.25) is 0 Å². The van der Waals surface area contributed by atoms with Crippen molar-refractivity contribution in [3.8, 4) is 0 Å². The lowest BCUT2D eigenvalue weighted by Gasteiger charge is -1.77. The summed E-state index contributed by atoms with van der Waals surface area (Å²) in [7, 11) is 0. The molecule has 2 rings (SSSR count). The normalized spacial score (nSPS) is 13.8. The first-order valence-electron chi connectivity index (χ1n) is 3.13. The number of hydrogen-bond acceptors (Lipinski definition) is 1. The van der Waals surface area contributed by atoms with Gasteiger partial charge in [0.05, 0.1) is 11.1 Å². The second-order valence-corrected chi connectivity index (χ2v) is 2.20. The van der Waals surface area contributed by atoms with Crippen LogP contribution in [-0.4, -0.2) is 0 Å². The Hall–Kier alpha value is -1.37. The van der Waals surface area contributed by atoms with Crippen molar-refractivity contribution in [1.82, 2.24) is 0 Å². The smallest absolute Gasteiger partial charge is 0.0716 e. The van der Waals surface area contributed by atoms with Crippen molar-refractivity contribution in [2.24, 2.45) is 4.99 Å². The SMILES string of the molecule is C=C1[C]=c2ccccc2=N1. The zero-order valence-electron chi connectivity index (χ0n) is 5.46. The minimum atomic E-state index is 0.723. The molecule has 1 heterocycles. The van der Waals surface area contributed by atoms with Gasteiger partial charge in [0, 0.05) is 11.3 Å². The number of nitrogens with zero attached hydrogens (tertiary/aromatic N) is 1. The summed E-state index contributed by atoms with van der Waals surface area (Å²) in [6.07, 6.45) is 3.04. The summed E-state index contributed by atoms with van der Waals surface area (Å²) in [6.45, 7) is 3.69. The summed E-state index contributed by atoms with van der Waals surface area (Å²) in [4.78, 5) is 4.15. The maximum absolute atomic E-state index is 4.15. The van der Waals surface area contributed by atoms with Gasteiger partial charge >= 0.3 is 0 Å². The maximum Gasteiger partial charge on any atom is 0.0716 e. The van der Waals surface area contributed by atoms with E-state index in [-0.39, 0.29) is 0 Å². The van der Waals surface area contributed by atoms with Crippen LogP contribution in [0.4, 0.5) is 0 Å². The van der Waals surface area contributed by atoms with Crippen molar-refractivity contribution in [1.29, 1.82) is 0 Å². The van der Waals surface area contributed by atoms with Crippen LogP contribution < -0.4 is 10.6 Å². The van der Waals surface area contributed by atoms with E-state index >= 15 is 0 Å². The van der Waals surface area contributed by atoms with Crippen LogP contribution in [0.1, 0.15) is 0 Å². The van der Waals surface area contributed by atoms with Gasteiger partial charge in [-0.25, -0.2) is 4.99 Å². The second kappa shape index (κ2) is 1.81. The molecule has 0 aliphatic carbocycles. The first-order valence-corrected chi connectivity index (χ1v) is 3.13. The molecule has 0 aromatic heterocycles. The molecule has 0 unspecified atom stereocenters. The van der Waals surface area contributed by atoms with Gasteiger partial charge in [-0.15, -0.1) is 0 Å². The number of hydrogen-bond donors (Lipinski definition) is 0. The van der Waals surface area contributed by atoms with Crippen LogP contribution in [0, 0.1) is 0 Å². The molecule has 1 aromatic carbocycles. The van der Waals surface area contributed by atoms with Gasteiger partial charge in [0.15, 0.2) is 0 Å². The standard InChI is InChI=1S/C9H6N/c1-7-6-8-4-2-3-5-9(8)10-7/h2-5H,1H2. The Bertz CT molecular complexity index is 350. The molecule has 0 saturated heterocycles. The zero-order chi connectivity index (χ0) is 6.97. The molecule has 0 bridgehead atoms. The van der Waals surface area contributed by atoms with Gasteiger partial charge in [-0.2, -0.15) is 0 Å². The van der Waals surface area contributed by atoms with Gasteiger partial charge in [0.25, 0.3) is 0 Å². The van der Waals surface area contributed by atoms with E-state index in [4.69, 9.17) is 0 Å². The molecule has 1 heteroatoms. The second-order valence-electron chi connectivity index (χ2n) is 2.20. The minimum absolute atomic E-state index is 0.723. The van der Waals surface area contributed by atoms with E-state index < -0.39 is 0 Å². The predicted molar refractivity (Wildman–Crippen MR) is 39.8 cm³/mol. The first kappa shape index (κ1) is 5.42. The first-order chi connectivity index (χ1) is 4.86. The molecule has 1 radical (unpaired) electrons. The van der Waals surface area contributed by atoms with Crippen molar-refractivity contribution < 1.29 is 0 Å². The Morgan fingerprint density at radius 1 is 1.30 bits per heavy atom. The summed E-state index contributed by atoms with van der Waals surface area (Å²) < 4.78 is 0. The van der Waals surface area contributed by atoms with E-state index in [1.54, 1.807) is 0 Å². The van der Waals surface area contributed by atoms with Gasteiger partial charge in [-0.1, -0.05) is 24.8 Å². The number of allylic oxidation sites excluding steroid dienone is 1. The van der Waals surface area contributed by atoms with E-state index in [1.807, 2.05) is 24.3 Å². The van der Waals surface area contributed by atoms with E-state index in [2.05, 4.69) is 17.6 Å². The highest BCUT2D eigenvalue weighted by atomic mass is 14.7. The average molecular weight is 128 g/mol. The lowest BCUT2D eigenvalue weighted by atomic mass is 10.3. The van der Waals surface area contributed by atoms with Gasteiger partial charge in [0.1, 0.15) is 0 Å². The molecule has 0 spiro atoms. The molecular formula is C9H6N. The molecule has 1 aromatic rings. The number of rotatable bonds is 0. The summed E-state index contributed by atoms with van der Waals surface area (Å²) in [5.74, 6) is 0. The fraction of sp³-hybridized carbons (Fsp3) is 0. The van der Waals surface area contributed by atoms with Crippen LogP contribution in [0.5, 0.6) is 0 Å². The summed E-state index contributed by atoms with van der Waals surface area (Å²) in [5, 5.41) is 2.03. The Morgan fingerprint density at radius 2 is 2.10 bits per heavy atom. The Morgan fingerprint density at radius 3 is 2.90 bits per heavy atom. The van der Waals surface area contributed by atoms with E-state index in [9.17, 15) is 0 Å². The molecule has 47 valence electrons. The monoisotopic (exact) mass is 128 g/mol. The Kier molecular flexibility index (Phi) is 0.978. The third-order valence-corrected chi connectivity index (χ3v) is 1.44. The lowest BCUT2D eigenvalue weighted by Crippen LogP contribution is -2.19. The highest BCUT2D eigenvalue weighted by Crippen LogP contribution is 1.94. The predicted octanol–water partition coefficient (Wildman–Crippen LogP) is 0.491.